The highest BCUT2D eigenvalue weighted by molar-refractivity contribution is 7.99. The van der Waals surface area contributed by atoms with E-state index in [0.29, 0.717) is 16.1 Å². The molecule has 2 heterocycles. The lowest BCUT2D eigenvalue weighted by molar-refractivity contribution is -0.116. The predicted molar refractivity (Wildman–Crippen MR) is 100 cm³/mol. The first-order chi connectivity index (χ1) is 12.5. The number of carbonyl (C=O) groups excluding carboxylic acids is 1. The maximum absolute atomic E-state index is 12.3. The normalized spacial score (nSPS) is 11.9. The highest BCUT2D eigenvalue weighted by Crippen LogP contribution is 2.27. The fourth-order valence-corrected chi connectivity index (χ4v) is 3.77. The van der Waals surface area contributed by atoms with E-state index in [1.54, 1.807) is 0 Å². The fourth-order valence-electron chi connectivity index (χ4n) is 2.25. The molecular weight excluding hydrogens is 368 g/mol. The van der Waals surface area contributed by atoms with Crippen LogP contribution in [0.4, 0.5) is 0 Å². The molecule has 0 saturated heterocycles. The summed E-state index contributed by atoms with van der Waals surface area (Å²) in [5.74, 6) is -0.595. The van der Waals surface area contributed by atoms with Crippen LogP contribution in [0.2, 0.25) is 0 Å². The number of carbonyl (C=O) groups is 1. The van der Waals surface area contributed by atoms with Gasteiger partial charge in [-0.15, -0.1) is 21.5 Å². The Bertz CT molecular complexity index is 987. The van der Waals surface area contributed by atoms with Gasteiger partial charge in [-0.25, -0.2) is 4.98 Å². The number of aryl methyl sites for hydroxylation is 3. The van der Waals surface area contributed by atoms with E-state index in [0.717, 1.165) is 28.6 Å². The molecule has 0 fully saturated rings. The molecule has 1 atom stereocenters. The molecule has 6 nitrogen and oxygen atoms in total. The van der Waals surface area contributed by atoms with E-state index < -0.39 is 5.92 Å². The second-order valence-electron chi connectivity index (χ2n) is 5.82. The molecule has 0 aliphatic carbocycles. The van der Waals surface area contributed by atoms with Gasteiger partial charge in [0.15, 0.2) is 11.7 Å². The van der Waals surface area contributed by atoms with Crippen molar-refractivity contribution in [3.05, 3.63) is 45.4 Å². The Morgan fingerprint density at radius 1 is 1.31 bits per heavy atom. The monoisotopic (exact) mass is 384 g/mol. The summed E-state index contributed by atoms with van der Waals surface area (Å²) in [6, 6.07) is 7.94. The van der Waals surface area contributed by atoms with Crippen LogP contribution in [0, 0.1) is 32.1 Å². The van der Waals surface area contributed by atoms with E-state index in [2.05, 4.69) is 15.2 Å². The highest BCUT2D eigenvalue weighted by Gasteiger charge is 2.24. The summed E-state index contributed by atoms with van der Waals surface area (Å²) in [5, 5.41) is 20.0. The van der Waals surface area contributed by atoms with Crippen LogP contribution >= 0.6 is 23.1 Å². The van der Waals surface area contributed by atoms with E-state index in [9.17, 15) is 10.1 Å². The summed E-state index contributed by atoms with van der Waals surface area (Å²) in [7, 11) is 0. The Balaban J connectivity index is 1.66. The van der Waals surface area contributed by atoms with Gasteiger partial charge in [0, 0.05) is 16.6 Å². The molecule has 0 N–H and O–H groups in total. The molecule has 1 aromatic carbocycles. The Hall–Kier alpha value is -2.50. The zero-order valence-electron chi connectivity index (χ0n) is 14.5. The molecule has 3 rings (SSSR count). The topological polar surface area (TPSA) is 92.7 Å². The van der Waals surface area contributed by atoms with Gasteiger partial charge >= 0.3 is 0 Å². The van der Waals surface area contributed by atoms with E-state index in [-0.39, 0.29) is 11.5 Å². The Morgan fingerprint density at radius 3 is 2.77 bits per heavy atom. The zero-order chi connectivity index (χ0) is 18.7. The lowest BCUT2D eigenvalue weighted by Crippen LogP contribution is -2.13. The van der Waals surface area contributed by atoms with Crippen LogP contribution in [0.5, 0.6) is 0 Å². The first kappa shape index (κ1) is 18.3. The van der Waals surface area contributed by atoms with Gasteiger partial charge < -0.3 is 4.42 Å². The van der Waals surface area contributed by atoms with Crippen molar-refractivity contribution in [2.24, 2.45) is 0 Å². The molecule has 26 heavy (non-hydrogen) atoms. The van der Waals surface area contributed by atoms with Crippen molar-refractivity contribution in [2.45, 2.75) is 31.9 Å². The maximum Gasteiger partial charge on any atom is 0.277 e. The smallest absolute Gasteiger partial charge is 0.277 e. The van der Waals surface area contributed by atoms with Crippen LogP contribution in [0.3, 0.4) is 0 Å². The Morgan fingerprint density at radius 2 is 2.12 bits per heavy atom. The largest absolute Gasteiger partial charge is 0.411 e. The van der Waals surface area contributed by atoms with Gasteiger partial charge in [0.1, 0.15) is 5.01 Å². The molecule has 0 aliphatic heterocycles. The summed E-state index contributed by atoms with van der Waals surface area (Å²) < 4.78 is 5.63. The van der Waals surface area contributed by atoms with Crippen LogP contribution < -0.4 is 0 Å². The van der Waals surface area contributed by atoms with E-state index in [4.69, 9.17) is 4.42 Å². The summed E-state index contributed by atoms with van der Waals surface area (Å²) >= 11 is 2.45. The van der Waals surface area contributed by atoms with Gasteiger partial charge in [-0.05, 0) is 44.0 Å². The minimum Gasteiger partial charge on any atom is -0.411 e. The lowest BCUT2D eigenvalue weighted by Gasteiger charge is -2.03. The number of nitriles is 1. The number of thioether (sulfide) groups is 1. The first-order valence-electron chi connectivity index (χ1n) is 7.86. The molecule has 0 aliphatic rings. The molecule has 0 bridgehead atoms. The van der Waals surface area contributed by atoms with Crippen LogP contribution in [0.15, 0.2) is 33.2 Å². The van der Waals surface area contributed by atoms with Crippen molar-refractivity contribution in [3.8, 4) is 17.5 Å². The predicted octanol–water partition coefficient (Wildman–Crippen LogP) is 4.09. The molecule has 8 heteroatoms. The number of ketones is 1. The summed E-state index contributed by atoms with van der Waals surface area (Å²) in [6.45, 7) is 5.89. The number of hydrogen-bond acceptors (Lipinski definition) is 8. The molecule has 0 amide bonds. The third-order valence-electron chi connectivity index (χ3n) is 3.83. The fraction of sp³-hybridized carbons (Fsp3) is 0.278. The molecule has 2 aromatic heterocycles. The average Bonchev–Trinajstić information content (AvgIpc) is 3.25. The van der Waals surface area contributed by atoms with Crippen molar-refractivity contribution < 1.29 is 9.21 Å². The number of thiazole rings is 1. The number of aromatic nitrogens is 3. The maximum atomic E-state index is 12.3. The minimum atomic E-state index is -0.858. The molecule has 0 radical (unpaired) electrons. The van der Waals surface area contributed by atoms with E-state index in [1.807, 2.05) is 50.4 Å². The molecule has 0 unspecified atom stereocenters. The zero-order valence-corrected chi connectivity index (χ0v) is 16.1. The van der Waals surface area contributed by atoms with Gasteiger partial charge in [0.25, 0.3) is 5.22 Å². The third-order valence-corrected chi connectivity index (χ3v) is 5.70. The van der Waals surface area contributed by atoms with Crippen molar-refractivity contribution in [1.82, 2.24) is 15.2 Å². The van der Waals surface area contributed by atoms with Crippen LogP contribution in [-0.2, 0) is 4.79 Å². The van der Waals surface area contributed by atoms with E-state index in [1.165, 1.54) is 16.9 Å². The lowest BCUT2D eigenvalue weighted by atomic mass is 10.1. The molecular formula is C18H16N4O2S2. The van der Waals surface area contributed by atoms with Gasteiger partial charge in [-0.3, -0.25) is 4.79 Å². The molecule has 0 saturated carbocycles. The van der Waals surface area contributed by atoms with E-state index >= 15 is 0 Å². The molecule has 0 spiro atoms. The van der Waals surface area contributed by atoms with Gasteiger partial charge in [-0.2, -0.15) is 5.26 Å². The van der Waals surface area contributed by atoms with Crippen LogP contribution in [0.1, 0.15) is 27.7 Å². The number of rotatable bonds is 6. The number of hydrogen-bond donors (Lipinski definition) is 0. The van der Waals surface area contributed by atoms with Gasteiger partial charge in [0.2, 0.25) is 5.89 Å². The summed E-state index contributed by atoms with van der Waals surface area (Å²) in [6.07, 6.45) is 0. The van der Waals surface area contributed by atoms with Crippen LogP contribution in [0.25, 0.3) is 11.5 Å². The van der Waals surface area contributed by atoms with Crippen molar-refractivity contribution in [2.75, 3.05) is 5.75 Å². The Labute approximate surface area is 159 Å². The first-order valence-corrected chi connectivity index (χ1v) is 9.72. The van der Waals surface area contributed by atoms with Crippen molar-refractivity contribution in [1.29, 1.82) is 5.26 Å². The standard InChI is InChI=1S/C18H16N4O2S2/c1-10-4-5-13(6-11(10)2)16-21-22-18(24-16)26-9-15(23)14(7-19)17-20-12(3)8-25-17/h4-6,8,14H,9H2,1-3H3/t14-/m1/s1. The summed E-state index contributed by atoms with van der Waals surface area (Å²) in [5.41, 5.74) is 3.97. The molecule has 3 aromatic rings. The minimum absolute atomic E-state index is 0.0748. The highest BCUT2D eigenvalue weighted by atomic mass is 32.2. The van der Waals surface area contributed by atoms with Crippen molar-refractivity contribution >= 4 is 28.9 Å². The molecule has 132 valence electrons. The second kappa shape index (κ2) is 7.81. The average molecular weight is 384 g/mol. The summed E-state index contributed by atoms with van der Waals surface area (Å²) in [4.78, 5) is 16.6. The third kappa shape index (κ3) is 4.00. The van der Waals surface area contributed by atoms with Crippen LogP contribution in [-0.4, -0.2) is 26.7 Å². The number of nitrogens with zero attached hydrogens (tertiary/aromatic N) is 4. The number of benzene rings is 1. The van der Waals surface area contributed by atoms with Crippen molar-refractivity contribution in [3.63, 3.8) is 0 Å². The van der Waals surface area contributed by atoms with Gasteiger partial charge in [-0.1, -0.05) is 17.8 Å². The quantitative estimate of drug-likeness (QED) is 0.591. The SMILES string of the molecule is Cc1csc([C@H](C#N)C(=O)CSc2nnc(-c3ccc(C)c(C)c3)o2)n1. The second-order valence-corrected chi connectivity index (χ2v) is 7.63. The Kier molecular flexibility index (Phi) is 5.49. The van der Waals surface area contributed by atoms with Gasteiger partial charge in [0.05, 0.1) is 11.8 Å². The number of Topliss-reactive ketones (excluding diaryl/α,β-unsaturated/α-hetero) is 1.